The maximum Gasteiger partial charge on any atom is 0.255 e. The number of halogens is 2. The van der Waals surface area contributed by atoms with Crippen molar-refractivity contribution in [2.45, 2.75) is 63.4 Å². The smallest absolute Gasteiger partial charge is 0.255 e. The fraction of sp³-hybridized carbons (Fsp3) is 0.421. The van der Waals surface area contributed by atoms with Crippen molar-refractivity contribution < 1.29 is 32.6 Å². The Morgan fingerprint density at radius 1 is 1.09 bits per heavy atom. The maximum absolute atomic E-state index is 14.4. The Kier molecular flexibility index (Phi) is 9.27. The number of carbonyl (C=O) groups excluding carboxylic acids is 3. The molecule has 54 heavy (non-hydrogen) atoms. The van der Waals surface area contributed by atoms with Crippen LogP contribution in [0.1, 0.15) is 53.6 Å². The van der Waals surface area contributed by atoms with Gasteiger partial charge in [-0.25, -0.2) is 8.78 Å². The van der Waals surface area contributed by atoms with E-state index in [0.717, 1.165) is 62.3 Å². The van der Waals surface area contributed by atoms with Gasteiger partial charge in [0.1, 0.15) is 23.8 Å². The third kappa shape index (κ3) is 6.76. The van der Waals surface area contributed by atoms with Crippen LogP contribution in [0.15, 0.2) is 60.3 Å². The molecule has 284 valence electrons. The zero-order chi connectivity index (χ0) is 37.7. The summed E-state index contributed by atoms with van der Waals surface area (Å²) in [5.41, 5.74) is 16.0. The summed E-state index contributed by atoms with van der Waals surface area (Å²) in [5, 5.41) is 10.2. The van der Waals surface area contributed by atoms with Crippen LogP contribution in [0.4, 0.5) is 14.5 Å². The van der Waals surface area contributed by atoms with Crippen LogP contribution in [0.5, 0.6) is 11.5 Å². The molecule has 0 spiro atoms. The van der Waals surface area contributed by atoms with E-state index in [9.17, 15) is 23.2 Å². The van der Waals surface area contributed by atoms with Gasteiger partial charge in [-0.1, -0.05) is 6.07 Å². The molecule has 0 saturated carbocycles. The van der Waals surface area contributed by atoms with E-state index < -0.39 is 23.6 Å². The van der Waals surface area contributed by atoms with Crippen LogP contribution in [-0.2, 0) is 22.7 Å². The summed E-state index contributed by atoms with van der Waals surface area (Å²) in [6.45, 7) is 3.94. The Bertz CT molecular complexity index is 2060. The van der Waals surface area contributed by atoms with Gasteiger partial charge < -0.3 is 41.0 Å². The molecule has 14 nitrogen and oxygen atoms in total. The number of imide groups is 1. The lowest BCUT2D eigenvalue weighted by Crippen LogP contribution is -2.52. The third-order valence-corrected chi connectivity index (χ3v) is 11.2. The van der Waals surface area contributed by atoms with Crippen molar-refractivity contribution in [3.63, 3.8) is 0 Å². The Morgan fingerprint density at radius 2 is 1.91 bits per heavy atom. The summed E-state index contributed by atoms with van der Waals surface area (Å²) >= 11 is 0. The van der Waals surface area contributed by atoms with Gasteiger partial charge in [0.15, 0.2) is 17.3 Å². The molecule has 3 unspecified atom stereocenters. The highest BCUT2D eigenvalue weighted by molar-refractivity contribution is 6.05. The van der Waals surface area contributed by atoms with Crippen molar-refractivity contribution in [1.29, 1.82) is 0 Å². The number of nitrogens with zero attached hydrogens (tertiary/aromatic N) is 5. The number of amides is 3. The van der Waals surface area contributed by atoms with Gasteiger partial charge in [-0.3, -0.25) is 24.4 Å². The van der Waals surface area contributed by atoms with E-state index in [1.54, 1.807) is 17.2 Å². The van der Waals surface area contributed by atoms with Crippen LogP contribution < -0.4 is 36.5 Å². The predicted molar refractivity (Wildman–Crippen MR) is 193 cm³/mol. The van der Waals surface area contributed by atoms with Gasteiger partial charge >= 0.3 is 0 Å². The number of hydrogen-bond donors (Lipinski definition) is 4. The molecule has 6 heterocycles. The Labute approximate surface area is 310 Å². The van der Waals surface area contributed by atoms with E-state index in [1.165, 1.54) is 7.11 Å². The number of benzene rings is 2. The minimum absolute atomic E-state index is 0.0702. The lowest BCUT2D eigenvalue weighted by molar-refractivity contribution is -0.136. The molecule has 5 aliphatic rings. The number of allylic oxidation sites excluding steroid dienone is 1. The monoisotopic (exact) mass is 743 g/mol. The second kappa shape index (κ2) is 14.2. The van der Waals surface area contributed by atoms with Crippen LogP contribution >= 0.6 is 0 Å². The lowest BCUT2D eigenvalue weighted by Gasteiger charge is -2.34. The van der Waals surface area contributed by atoms with Gasteiger partial charge in [0.2, 0.25) is 11.8 Å². The minimum Gasteiger partial charge on any atom is -0.493 e. The largest absolute Gasteiger partial charge is 0.493 e. The van der Waals surface area contributed by atoms with E-state index >= 15 is 0 Å². The summed E-state index contributed by atoms with van der Waals surface area (Å²) in [6.07, 6.45) is 8.33. The molecule has 1 aromatic heterocycles. The van der Waals surface area contributed by atoms with Crippen molar-refractivity contribution in [1.82, 2.24) is 30.2 Å². The van der Waals surface area contributed by atoms with Crippen LogP contribution in [0.3, 0.4) is 0 Å². The quantitative estimate of drug-likeness (QED) is 0.237. The molecule has 3 saturated heterocycles. The number of fused-ring (bicyclic) bond motifs is 2. The second-order valence-corrected chi connectivity index (χ2v) is 14.6. The molecule has 0 radical (unpaired) electrons. The van der Waals surface area contributed by atoms with Gasteiger partial charge in [-0.15, -0.1) is 0 Å². The average molecular weight is 744 g/mol. The number of piperidine rings is 2. The molecule has 3 aromatic rings. The molecule has 3 atom stereocenters. The third-order valence-electron chi connectivity index (χ3n) is 11.2. The van der Waals surface area contributed by atoms with Crippen molar-refractivity contribution in [3.05, 3.63) is 88.6 Å². The summed E-state index contributed by atoms with van der Waals surface area (Å²) < 4.78 is 41.9. The van der Waals surface area contributed by atoms with E-state index in [2.05, 4.69) is 25.5 Å². The highest BCUT2D eigenvalue weighted by atomic mass is 19.1. The van der Waals surface area contributed by atoms with Crippen molar-refractivity contribution in [2.75, 3.05) is 38.2 Å². The Balaban J connectivity index is 0.849. The maximum atomic E-state index is 14.4. The second-order valence-electron chi connectivity index (χ2n) is 14.6. The number of nitrogens with one attached hydrogen (secondary N) is 2. The molecule has 0 bridgehead atoms. The summed E-state index contributed by atoms with van der Waals surface area (Å²) in [7, 11) is 1.30. The molecule has 2 aromatic carbocycles. The summed E-state index contributed by atoms with van der Waals surface area (Å²) in [5.74, 6) is -1.13. The molecule has 8 rings (SSSR count). The topological polar surface area (TPSA) is 173 Å². The zero-order valence-corrected chi connectivity index (χ0v) is 29.9. The van der Waals surface area contributed by atoms with Gasteiger partial charge in [-0.2, -0.15) is 5.10 Å². The van der Waals surface area contributed by atoms with E-state index in [1.807, 2.05) is 29.1 Å². The number of ether oxygens (including phenoxy) is 2. The number of carbonyl (C=O) groups is 3. The van der Waals surface area contributed by atoms with Gasteiger partial charge in [0.25, 0.3) is 5.91 Å². The SMILES string of the molecule is COc1c(F)cc(F)cc1/C(N)=C/C1=C(N)NCC2CC(Oc3cnn(CC4CCN(c5ccc6c(c5)C(=O)N(C5CCC(=O)NC5=O)C6)CC4)c3)CN12. The van der Waals surface area contributed by atoms with E-state index in [0.29, 0.717) is 54.8 Å². The van der Waals surface area contributed by atoms with Gasteiger partial charge in [0, 0.05) is 74.1 Å². The molecular formula is C38H43F2N9O5. The predicted octanol–water partition coefficient (Wildman–Crippen LogP) is 2.40. The number of aromatic nitrogens is 2. The number of rotatable bonds is 9. The number of nitrogens with two attached hydrogens (primary N) is 2. The van der Waals surface area contributed by atoms with Crippen molar-refractivity contribution >= 4 is 29.1 Å². The molecular weight excluding hydrogens is 700 g/mol. The summed E-state index contributed by atoms with van der Waals surface area (Å²) in [4.78, 5) is 43.3. The standard InChI is InChI=1S/C38H43F2N9O5/c1-53-35-29(10-23(39)11-30(35)40)31(41)14-33-36(42)43-15-25-12-26(20-48(25)33)54-27-16-44-47(19-27)17-21-6-8-46(9-7-21)24-3-2-22-18-49(38(52)28(22)13-24)32-4-5-34(50)45-37(32)51/h2-3,10-11,13-14,16,19,21,25-26,32,43H,4-9,12,15,17-18,20,41-42H2,1H3,(H,45,50,51)/b31-14-. The summed E-state index contributed by atoms with van der Waals surface area (Å²) in [6, 6.07) is 7.28. The molecule has 6 N–H and O–H groups in total. The normalized spacial score (nSPS) is 23.4. The molecule has 5 aliphatic heterocycles. The van der Waals surface area contributed by atoms with Crippen molar-refractivity contribution in [3.8, 4) is 11.5 Å². The molecule has 0 aliphatic carbocycles. The van der Waals surface area contributed by atoms with Crippen molar-refractivity contribution in [2.24, 2.45) is 17.4 Å². The lowest BCUT2D eigenvalue weighted by atomic mass is 9.96. The number of hydrogen-bond acceptors (Lipinski definition) is 11. The van der Waals surface area contributed by atoms with E-state index in [4.69, 9.17) is 20.9 Å². The molecule has 3 fully saturated rings. The number of methoxy groups -OCH3 is 1. The number of anilines is 1. The average Bonchev–Trinajstić information content (AvgIpc) is 3.86. The van der Waals surface area contributed by atoms with Gasteiger partial charge in [0.05, 0.1) is 37.8 Å². The first-order valence-electron chi connectivity index (χ1n) is 18.3. The Morgan fingerprint density at radius 3 is 2.69 bits per heavy atom. The Hall–Kier alpha value is -5.80. The first-order valence-corrected chi connectivity index (χ1v) is 18.3. The van der Waals surface area contributed by atoms with Crippen LogP contribution in [0, 0.1) is 17.6 Å². The van der Waals surface area contributed by atoms with Gasteiger partial charge in [-0.05, 0) is 55.0 Å². The fourth-order valence-corrected chi connectivity index (χ4v) is 8.36. The van der Waals surface area contributed by atoms with Crippen LogP contribution in [0.25, 0.3) is 5.70 Å². The minimum atomic E-state index is -0.845. The van der Waals surface area contributed by atoms with E-state index in [-0.39, 0.29) is 47.4 Å². The highest BCUT2D eigenvalue weighted by Crippen LogP contribution is 2.35. The first kappa shape index (κ1) is 35.2. The zero-order valence-electron chi connectivity index (χ0n) is 29.9. The molecule has 3 amide bonds. The van der Waals surface area contributed by atoms with Crippen LogP contribution in [-0.4, -0.2) is 88.8 Å². The van der Waals surface area contributed by atoms with Crippen LogP contribution in [0.2, 0.25) is 0 Å². The first-order chi connectivity index (χ1) is 26.0. The molecule has 16 heteroatoms. The highest BCUT2D eigenvalue weighted by Gasteiger charge is 2.40. The fourth-order valence-electron chi connectivity index (χ4n) is 8.36.